The molecule has 0 radical (unpaired) electrons. The zero-order valence-corrected chi connectivity index (χ0v) is 16.4. The Hall–Kier alpha value is -2.98. The van der Waals surface area contributed by atoms with Crippen LogP contribution in [0, 0.1) is 6.92 Å². The summed E-state index contributed by atoms with van der Waals surface area (Å²) in [6.45, 7) is 1.95. The van der Waals surface area contributed by atoms with E-state index in [1.165, 1.54) is 0 Å². The molecule has 0 aliphatic heterocycles. The normalized spacial score (nSPS) is 12.5. The second-order valence-electron chi connectivity index (χ2n) is 7.51. The van der Waals surface area contributed by atoms with Gasteiger partial charge in [-0.25, -0.2) is 4.39 Å². The molecule has 148 valence electrons. The Labute approximate surface area is 169 Å². The number of hydrogen-bond donors (Lipinski definition) is 1. The van der Waals surface area contributed by atoms with Crippen molar-refractivity contribution in [1.82, 2.24) is 4.57 Å². The molecule has 0 aliphatic rings. The Balaban J connectivity index is 1.75. The molecule has 1 heterocycles. The van der Waals surface area contributed by atoms with Crippen LogP contribution < -0.4 is 0 Å². The summed E-state index contributed by atoms with van der Waals surface area (Å²) < 4.78 is 14.5. The Morgan fingerprint density at radius 2 is 1.66 bits per heavy atom. The number of halogens is 1. The zero-order chi connectivity index (χ0) is 20.4. The maximum atomic E-state index is 13.5. The highest BCUT2D eigenvalue weighted by Crippen LogP contribution is 2.29. The van der Waals surface area contributed by atoms with Gasteiger partial charge < -0.3 is 9.67 Å². The molecule has 0 bridgehead atoms. The minimum absolute atomic E-state index is 0.0000529. The highest BCUT2D eigenvalue weighted by atomic mass is 19.1. The summed E-state index contributed by atoms with van der Waals surface area (Å²) in [6.07, 6.45) is 2.01. The van der Waals surface area contributed by atoms with E-state index < -0.39 is 12.8 Å². The van der Waals surface area contributed by atoms with Crippen LogP contribution >= 0.6 is 0 Å². The molecular weight excluding hydrogens is 365 g/mol. The van der Waals surface area contributed by atoms with Crippen LogP contribution in [0.4, 0.5) is 4.39 Å². The summed E-state index contributed by atoms with van der Waals surface area (Å²) in [6, 6.07) is 19.7. The van der Waals surface area contributed by atoms with Gasteiger partial charge in [-0.1, -0.05) is 54.6 Å². The van der Waals surface area contributed by atoms with E-state index in [9.17, 15) is 14.3 Å². The number of benzene rings is 3. The summed E-state index contributed by atoms with van der Waals surface area (Å²) in [5.74, 6) is -0.0000529. The van der Waals surface area contributed by atoms with Crippen molar-refractivity contribution in [3.8, 4) is 0 Å². The molecule has 1 unspecified atom stereocenters. The number of ketones is 1. The Bertz CT molecular complexity index is 1180. The fourth-order valence-corrected chi connectivity index (χ4v) is 3.98. The van der Waals surface area contributed by atoms with E-state index >= 15 is 0 Å². The topological polar surface area (TPSA) is 42.2 Å². The number of nitrogens with zero attached hydrogens (tertiary/aromatic N) is 1. The molecule has 1 atom stereocenters. The number of carbonyl (C=O) groups is 1. The van der Waals surface area contributed by atoms with Gasteiger partial charge in [0.2, 0.25) is 0 Å². The van der Waals surface area contributed by atoms with Crippen molar-refractivity contribution < 1.29 is 14.3 Å². The molecule has 0 fully saturated rings. The van der Waals surface area contributed by atoms with Gasteiger partial charge in [-0.3, -0.25) is 4.79 Å². The Kier molecular flexibility index (Phi) is 5.45. The van der Waals surface area contributed by atoms with Crippen molar-refractivity contribution in [2.75, 3.05) is 6.67 Å². The molecule has 4 aromatic rings. The van der Waals surface area contributed by atoms with Gasteiger partial charge >= 0.3 is 0 Å². The first-order chi connectivity index (χ1) is 14.1. The summed E-state index contributed by atoms with van der Waals surface area (Å²) in [5, 5.41) is 12.4. The van der Waals surface area contributed by atoms with E-state index in [2.05, 4.69) is 0 Å². The van der Waals surface area contributed by atoms with E-state index in [-0.39, 0.29) is 5.78 Å². The zero-order valence-electron chi connectivity index (χ0n) is 16.4. The highest BCUT2D eigenvalue weighted by molar-refractivity contribution is 6.21. The number of aryl methyl sites for hydroxylation is 2. The average molecular weight is 389 g/mol. The SMILES string of the molecule is Cc1ccc(C(=O)c2cn(CCCC(O)CF)c3ccccc23)c2ccccc12. The number of fused-ring (bicyclic) bond motifs is 2. The fraction of sp³-hybridized carbons (Fsp3) is 0.240. The van der Waals surface area contributed by atoms with Gasteiger partial charge in [0, 0.05) is 34.8 Å². The lowest BCUT2D eigenvalue weighted by Gasteiger charge is -2.08. The number of hydrogen-bond acceptors (Lipinski definition) is 2. The van der Waals surface area contributed by atoms with Gasteiger partial charge in [-0.2, -0.15) is 0 Å². The van der Waals surface area contributed by atoms with Gasteiger partial charge in [-0.15, -0.1) is 0 Å². The maximum absolute atomic E-state index is 13.5. The van der Waals surface area contributed by atoms with Crippen LogP contribution in [0.25, 0.3) is 21.7 Å². The molecule has 4 heteroatoms. The van der Waals surface area contributed by atoms with Crippen LogP contribution in [0.1, 0.15) is 34.3 Å². The second-order valence-corrected chi connectivity index (χ2v) is 7.51. The fourth-order valence-electron chi connectivity index (χ4n) is 3.98. The first-order valence-corrected chi connectivity index (χ1v) is 9.95. The van der Waals surface area contributed by atoms with Crippen molar-refractivity contribution in [1.29, 1.82) is 0 Å². The second kappa shape index (κ2) is 8.18. The molecule has 1 aromatic heterocycles. The average Bonchev–Trinajstić information content (AvgIpc) is 3.12. The molecule has 3 nitrogen and oxygen atoms in total. The third kappa shape index (κ3) is 3.68. The van der Waals surface area contributed by atoms with Gasteiger partial charge in [0.1, 0.15) is 6.67 Å². The van der Waals surface area contributed by atoms with Crippen molar-refractivity contribution >= 4 is 27.5 Å². The standard InChI is InChI=1S/C25H24FNO2/c1-17-12-13-22(20-9-3-2-8-19(17)20)25(29)23-16-27(14-6-7-18(28)15-26)24-11-5-4-10-21(23)24/h2-5,8-13,16,18,28H,6-7,14-15H2,1H3. The van der Waals surface area contributed by atoms with Crippen LogP contribution in [-0.2, 0) is 6.54 Å². The molecular formula is C25H24FNO2. The first-order valence-electron chi connectivity index (χ1n) is 9.95. The van der Waals surface area contributed by atoms with Crippen LogP contribution in [0.3, 0.4) is 0 Å². The third-order valence-corrected chi connectivity index (χ3v) is 5.53. The van der Waals surface area contributed by atoms with Gasteiger partial charge in [0.05, 0.1) is 6.10 Å². The number of carbonyl (C=O) groups excluding carboxylic acids is 1. The predicted molar refractivity (Wildman–Crippen MR) is 115 cm³/mol. The molecule has 3 aromatic carbocycles. The predicted octanol–water partition coefficient (Wildman–Crippen LogP) is 5.44. The van der Waals surface area contributed by atoms with Gasteiger partial charge in [0.15, 0.2) is 5.78 Å². The number of rotatable bonds is 7. The van der Waals surface area contributed by atoms with Gasteiger partial charge in [0.25, 0.3) is 0 Å². The first kappa shape index (κ1) is 19.3. The van der Waals surface area contributed by atoms with E-state index in [4.69, 9.17) is 0 Å². The smallest absolute Gasteiger partial charge is 0.195 e. The van der Waals surface area contributed by atoms with E-state index in [1.54, 1.807) is 0 Å². The molecule has 0 saturated heterocycles. The van der Waals surface area contributed by atoms with Crippen molar-refractivity contribution in [2.45, 2.75) is 32.4 Å². The number of alkyl halides is 1. The van der Waals surface area contributed by atoms with Crippen molar-refractivity contribution in [2.24, 2.45) is 0 Å². The maximum Gasteiger partial charge on any atom is 0.195 e. The number of aromatic nitrogens is 1. The van der Waals surface area contributed by atoms with E-state index in [0.29, 0.717) is 30.5 Å². The summed E-state index contributed by atoms with van der Waals surface area (Å²) in [7, 11) is 0. The van der Waals surface area contributed by atoms with Crippen LogP contribution in [0.15, 0.2) is 66.9 Å². The number of para-hydroxylation sites is 1. The van der Waals surface area contributed by atoms with Gasteiger partial charge in [-0.05, 0) is 42.2 Å². The monoisotopic (exact) mass is 389 g/mol. The van der Waals surface area contributed by atoms with Crippen molar-refractivity contribution in [3.63, 3.8) is 0 Å². The minimum atomic E-state index is -0.920. The van der Waals surface area contributed by atoms with E-state index in [0.717, 1.165) is 27.2 Å². The molecule has 4 rings (SSSR count). The Morgan fingerprint density at radius 1 is 0.966 bits per heavy atom. The molecule has 0 amide bonds. The van der Waals surface area contributed by atoms with E-state index in [1.807, 2.05) is 78.4 Å². The Morgan fingerprint density at radius 3 is 2.41 bits per heavy atom. The lowest BCUT2D eigenvalue weighted by Crippen LogP contribution is -2.10. The third-order valence-electron chi connectivity index (χ3n) is 5.53. The highest BCUT2D eigenvalue weighted by Gasteiger charge is 2.19. The number of aliphatic hydroxyl groups excluding tert-OH is 1. The molecule has 0 spiro atoms. The summed E-state index contributed by atoms with van der Waals surface area (Å²) in [5.41, 5.74) is 3.48. The molecule has 0 saturated carbocycles. The molecule has 0 aliphatic carbocycles. The quantitative estimate of drug-likeness (QED) is 0.427. The summed E-state index contributed by atoms with van der Waals surface area (Å²) in [4.78, 5) is 13.5. The molecule has 1 N–H and O–H groups in total. The number of aliphatic hydroxyl groups is 1. The van der Waals surface area contributed by atoms with Crippen LogP contribution in [0.5, 0.6) is 0 Å². The largest absolute Gasteiger partial charge is 0.390 e. The van der Waals surface area contributed by atoms with Crippen LogP contribution in [-0.4, -0.2) is 28.2 Å². The molecule has 29 heavy (non-hydrogen) atoms. The lowest BCUT2D eigenvalue weighted by molar-refractivity contribution is 0.104. The van der Waals surface area contributed by atoms with Crippen molar-refractivity contribution in [3.05, 3.63) is 83.6 Å². The minimum Gasteiger partial charge on any atom is -0.390 e. The summed E-state index contributed by atoms with van der Waals surface area (Å²) >= 11 is 0. The van der Waals surface area contributed by atoms with Crippen LogP contribution in [0.2, 0.25) is 0 Å². The lowest BCUT2D eigenvalue weighted by atomic mass is 9.95.